The molecule has 146 valence electrons. The van der Waals surface area contributed by atoms with Crippen LogP contribution in [0, 0.1) is 6.92 Å². The van der Waals surface area contributed by atoms with Crippen LogP contribution < -0.4 is 9.50 Å². The number of hydrogen-bond donors (Lipinski definition) is 2. The van der Waals surface area contributed by atoms with Crippen LogP contribution in [0.2, 0.25) is 0 Å². The fourth-order valence-electron chi connectivity index (χ4n) is 2.14. The number of carboxylic acid groups (broad SMARTS) is 1. The van der Waals surface area contributed by atoms with E-state index in [1.807, 2.05) is 0 Å². The molecule has 0 heterocycles. The number of carbonyl (C=O) groups excluding carboxylic acids is 1. The number of nitrogens with one attached hydrogen (secondary N) is 1. The highest BCUT2D eigenvalue weighted by molar-refractivity contribution is 7.81. The van der Waals surface area contributed by atoms with Crippen LogP contribution in [0.15, 0.2) is 12.1 Å². The lowest BCUT2D eigenvalue weighted by Gasteiger charge is -2.19. The van der Waals surface area contributed by atoms with E-state index >= 15 is 0 Å². The van der Waals surface area contributed by atoms with Gasteiger partial charge < -0.3 is 19.3 Å². The first kappa shape index (κ1) is 21.8. The van der Waals surface area contributed by atoms with Crippen LogP contribution in [0.5, 0.6) is 5.75 Å². The van der Waals surface area contributed by atoms with E-state index < -0.39 is 34.5 Å². The van der Waals surface area contributed by atoms with Gasteiger partial charge in [-0.1, -0.05) is 9.95 Å². The number of aliphatic carboxylic acids is 1. The van der Waals surface area contributed by atoms with Crippen molar-refractivity contribution in [3.05, 3.63) is 28.8 Å². The lowest BCUT2D eigenvalue weighted by molar-refractivity contribution is -0.153. The minimum atomic E-state index is -5.26. The Balaban J connectivity index is 2.94. The summed E-state index contributed by atoms with van der Waals surface area (Å²) < 4.78 is 43.8. The van der Waals surface area contributed by atoms with Gasteiger partial charge in [0.15, 0.2) is 0 Å². The van der Waals surface area contributed by atoms with Gasteiger partial charge in [-0.05, 0) is 50.5 Å². The normalized spacial score (nSPS) is 11.9. The molecule has 0 aliphatic rings. The molecular formula is C16H22FNO7S. The Morgan fingerprint density at radius 3 is 2.38 bits per heavy atom. The number of ether oxygens (including phenoxy) is 1. The van der Waals surface area contributed by atoms with E-state index in [0.29, 0.717) is 5.56 Å². The number of benzene rings is 1. The maximum Gasteiger partial charge on any atom is 0.488 e. The van der Waals surface area contributed by atoms with Gasteiger partial charge in [-0.3, -0.25) is 9.59 Å². The second kappa shape index (κ2) is 8.45. The number of carbonyl (C=O) groups is 2. The molecule has 1 aromatic rings. The Morgan fingerprint density at radius 1 is 1.27 bits per heavy atom. The van der Waals surface area contributed by atoms with Gasteiger partial charge in [-0.2, -0.15) is 8.42 Å². The Kier molecular flexibility index (Phi) is 7.10. The second-order valence-electron chi connectivity index (χ2n) is 6.62. The fourth-order valence-corrected chi connectivity index (χ4v) is 2.53. The summed E-state index contributed by atoms with van der Waals surface area (Å²) in [6, 6.07) is 2.78. The first-order valence-corrected chi connectivity index (χ1v) is 8.98. The Bertz CT molecular complexity index is 785. The topological polar surface area (TPSA) is 119 Å². The summed E-state index contributed by atoms with van der Waals surface area (Å²) in [6.45, 7) is 6.58. The maximum atomic E-state index is 12.9. The smallest absolute Gasteiger partial charge is 0.481 e. The largest absolute Gasteiger partial charge is 0.488 e. The molecular weight excluding hydrogens is 369 g/mol. The Labute approximate surface area is 151 Å². The summed E-state index contributed by atoms with van der Waals surface area (Å²) in [5, 5.41) is 11.7. The van der Waals surface area contributed by atoms with Crippen molar-refractivity contribution >= 4 is 22.4 Å². The highest BCUT2D eigenvalue weighted by atomic mass is 32.3. The predicted octanol–water partition coefficient (Wildman–Crippen LogP) is 1.65. The number of carboxylic acids is 1. The first-order chi connectivity index (χ1) is 11.8. The van der Waals surface area contributed by atoms with E-state index in [1.165, 1.54) is 19.1 Å². The van der Waals surface area contributed by atoms with E-state index in [4.69, 9.17) is 9.84 Å². The van der Waals surface area contributed by atoms with Crippen molar-refractivity contribution in [1.29, 1.82) is 0 Å². The average Bonchev–Trinajstić information content (AvgIpc) is 2.39. The number of esters is 1. The van der Waals surface area contributed by atoms with Gasteiger partial charge in [0.1, 0.15) is 11.4 Å². The van der Waals surface area contributed by atoms with Crippen molar-refractivity contribution < 1.29 is 35.9 Å². The van der Waals surface area contributed by atoms with Crippen molar-refractivity contribution in [2.45, 2.75) is 46.3 Å². The molecule has 10 heteroatoms. The molecule has 1 aromatic carbocycles. The molecule has 0 aliphatic carbocycles. The van der Waals surface area contributed by atoms with Crippen molar-refractivity contribution in [2.75, 3.05) is 6.54 Å². The molecule has 0 aliphatic heterocycles. The third-order valence-corrected chi connectivity index (χ3v) is 3.46. The lowest BCUT2D eigenvalue weighted by Crippen LogP contribution is -2.31. The molecule has 0 bridgehead atoms. The zero-order valence-electron chi connectivity index (χ0n) is 15.0. The van der Waals surface area contributed by atoms with Crippen molar-refractivity contribution in [3.8, 4) is 5.75 Å². The van der Waals surface area contributed by atoms with Crippen LogP contribution in [0.1, 0.15) is 37.5 Å². The molecule has 0 spiro atoms. The van der Waals surface area contributed by atoms with Crippen molar-refractivity contribution in [2.24, 2.45) is 0 Å². The third-order valence-electron chi connectivity index (χ3n) is 3.08. The van der Waals surface area contributed by atoms with E-state index in [2.05, 4.69) is 9.50 Å². The molecule has 0 radical (unpaired) electrons. The molecule has 0 saturated carbocycles. The van der Waals surface area contributed by atoms with Crippen molar-refractivity contribution in [3.63, 3.8) is 0 Å². The van der Waals surface area contributed by atoms with Crippen LogP contribution in [0.25, 0.3) is 0 Å². The van der Waals surface area contributed by atoms with Crippen LogP contribution in [0.4, 0.5) is 3.89 Å². The SMILES string of the molecule is Cc1c(CC(=O)O)cc(CNCC(=O)OC(C)(C)C)cc1OS(=O)(=O)F. The van der Waals surface area contributed by atoms with Gasteiger partial charge in [-0.15, -0.1) is 0 Å². The minimum Gasteiger partial charge on any atom is -0.481 e. The first-order valence-electron chi connectivity index (χ1n) is 7.67. The molecule has 0 amide bonds. The van der Waals surface area contributed by atoms with Gasteiger partial charge in [-0.25, -0.2) is 0 Å². The third kappa shape index (κ3) is 8.26. The summed E-state index contributed by atoms with van der Waals surface area (Å²) in [6.07, 6.45) is -0.394. The molecule has 0 fully saturated rings. The molecule has 0 saturated heterocycles. The van der Waals surface area contributed by atoms with Crippen LogP contribution in [-0.4, -0.2) is 37.6 Å². The minimum absolute atomic E-state index is 0.0921. The molecule has 2 N–H and O–H groups in total. The molecule has 26 heavy (non-hydrogen) atoms. The highest BCUT2D eigenvalue weighted by Crippen LogP contribution is 2.26. The maximum absolute atomic E-state index is 12.9. The molecule has 8 nitrogen and oxygen atoms in total. The monoisotopic (exact) mass is 391 g/mol. The van der Waals surface area contributed by atoms with E-state index in [-0.39, 0.29) is 30.0 Å². The van der Waals surface area contributed by atoms with Gasteiger partial charge in [0, 0.05) is 6.54 Å². The molecule has 1 rings (SSSR count). The fraction of sp³-hybridized carbons (Fsp3) is 0.500. The molecule has 0 aromatic heterocycles. The van der Waals surface area contributed by atoms with Gasteiger partial charge in [0.2, 0.25) is 0 Å². The zero-order valence-corrected chi connectivity index (χ0v) is 15.8. The van der Waals surface area contributed by atoms with E-state index in [1.54, 1.807) is 20.8 Å². The number of halogens is 1. The summed E-state index contributed by atoms with van der Waals surface area (Å²) in [7, 11) is -5.26. The van der Waals surface area contributed by atoms with Gasteiger partial charge >= 0.3 is 22.4 Å². The standard InChI is InChI=1S/C16H22FNO7S/c1-10-12(7-14(19)20)5-11(6-13(10)25-26(17,22)23)8-18-9-15(21)24-16(2,3)4/h5-6,18H,7-9H2,1-4H3,(H,19,20). The average molecular weight is 391 g/mol. The van der Waals surface area contributed by atoms with E-state index in [0.717, 1.165) is 0 Å². The van der Waals surface area contributed by atoms with Gasteiger partial charge in [0.25, 0.3) is 0 Å². The predicted molar refractivity (Wildman–Crippen MR) is 90.7 cm³/mol. The lowest BCUT2D eigenvalue weighted by atomic mass is 10.0. The quantitative estimate of drug-likeness (QED) is 0.507. The van der Waals surface area contributed by atoms with Crippen LogP contribution in [0.3, 0.4) is 0 Å². The van der Waals surface area contributed by atoms with Gasteiger partial charge in [0.05, 0.1) is 13.0 Å². The Morgan fingerprint density at radius 2 is 1.88 bits per heavy atom. The molecule has 0 unspecified atom stereocenters. The summed E-state index contributed by atoms with van der Waals surface area (Å²) >= 11 is 0. The second-order valence-corrected chi connectivity index (χ2v) is 7.57. The number of hydrogen-bond acceptors (Lipinski definition) is 7. The van der Waals surface area contributed by atoms with Crippen LogP contribution in [-0.2, 0) is 37.8 Å². The molecule has 0 atom stereocenters. The zero-order chi connectivity index (χ0) is 20.1. The van der Waals surface area contributed by atoms with Crippen molar-refractivity contribution in [1.82, 2.24) is 5.32 Å². The summed E-state index contributed by atoms with van der Waals surface area (Å²) in [5.74, 6) is -1.93. The number of rotatable bonds is 8. The highest BCUT2D eigenvalue weighted by Gasteiger charge is 2.18. The summed E-state index contributed by atoms with van der Waals surface area (Å²) in [4.78, 5) is 22.6. The summed E-state index contributed by atoms with van der Waals surface area (Å²) in [5.41, 5.74) is 0.264. The Hall–Kier alpha value is -2.20. The van der Waals surface area contributed by atoms with E-state index in [9.17, 15) is 21.9 Å². The van der Waals surface area contributed by atoms with Crippen LogP contribution >= 0.6 is 0 Å².